The van der Waals surface area contributed by atoms with E-state index in [1.807, 2.05) is 44.2 Å². The van der Waals surface area contributed by atoms with Gasteiger partial charge in [-0.15, -0.1) is 12.4 Å². The van der Waals surface area contributed by atoms with Crippen LogP contribution in [0.4, 0.5) is 0 Å². The highest BCUT2D eigenvalue weighted by Crippen LogP contribution is 2.19. The highest BCUT2D eigenvalue weighted by atomic mass is 35.5. The molecule has 2 rings (SSSR count). The van der Waals surface area contributed by atoms with Crippen molar-refractivity contribution in [2.75, 3.05) is 26.2 Å². The van der Waals surface area contributed by atoms with Crippen LogP contribution in [0.2, 0.25) is 0 Å². The van der Waals surface area contributed by atoms with Crippen LogP contribution >= 0.6 is 12.4 Å². The number of hydrogen-bond donors (Lipinski definition) is 3. The molecule has 3 amide bonds. The van der Waals surface area contributed by atoms with Gasteiger partial charge in [0.05, 0.1) is 12.3 Å². The fourth-order valence-corrected chi connectivity index (χ4v) is 3.45. The SMILES string of the molecule is CC(C)C(NC(=O)Cc1ccccc1)C(=O)N1CCCC(C(=O)NCCN)C1.Cl. The number of nitrogens with two attached hydrogens (primary N) is 1. The minimum Gasteiger partial charge on any atom is -0.355 e. The fourth-order valence-electron chi connectivity index (χ4n) is 3.45. The number of likely N-dealkylation sites (tertiary alicyclic amines) is 1. The second kappa shape index (κ2) is 12.4. The number of hydrogen-bond acceptors (Lipinski definition) is 4. The molecule has 1 aromatic rings. The number of halogens is 1. The van der Waals surface area contributed by atoms with E-state index in [1.54, 1.807) is 4.90 Å². The highest BCUT2D eigenvalue weighted by molar-refractivity contribution is 5.89. The van der Waals surface area contributed by atoms with Gasteiger partial charge in [-0.2, -0.15) is 0 Å². The van der Waals surface area contributed by atoms with Crippen molar-refractivity contribution in [3.63, 3.8) is 0 Å². The number of carbonyl (C=O) groups excluding carboxylic acids is 3. The third-order valence-electron chi connectivity index (χ3n) is 5.00. The van der Waals surface area contributed by atoms with E-state index >= 15 is 0 Å². The van der Waals surface area contributed by atoms with Gasteiger partial charge in [0.15, 0.2) is 0 Å². The van der Waals surface area contributed by atoms with Gasteiger partial charge < -0.3 is 21.3 Å². The molecular formula is C21H33ClN4O3. The molecule has 1 heterocycles. The minimum atomic E-state index is -0.595. The summed E-state index contributed by atoms with van der Waals surface area (Å²) in [4.78, 5) is 39.5. The van der Waals surface area contributed by atoms with Crippen molar-refractivity contribution in [3.05, 3.63) is 35.9 Å². The smallest absolute Gasteiger partial charge is 0.245 e. The van der Waals surface area contributed by atoms with Crippen molar-refractivity contribution in [3.8, 4) is 0 Å². The van der Waals surface area contributed by atoms with E-state index < -0.39 is 6.04 Å². The van der Waals surface area contributed by atoms with E-state index in [2.05, 4.69) is 10.6 Å². The summed E-state index contributed by atoms with van der Waals surface area (Å²) in [5.41, 5.74) is 6.34. The van der Waals surface area contributed by atoms with Gasteiger partial charge in [0.25, 0.3) is 0 Å². The van der Waals surface area contributed by atoms with Crippen LogP contribution in [0.25, 0.3) is 0 Å². The van der Waals surface area contributed by atoms with Crippen molar-refractivity contribution < 1.29 is 14.4 Å². The maximum Gasteiger partial charge on any atom is 0.245 e. The average Bonchev–Trinajstić information content (AvgIpc) is 2.70. The van der Waals surface area contributed by atoms with Crippen LogP contribution in [0.15, 0.2) is 30.3 Å². The van der Waals surface area contributed by atoms with Crippen molar-refractivity contribution >= 4 is 30.1 Å². The molecule has 29 heavy (non-hydrogen) atoms. The molecule has 162 valence electrons. The number of carbonyl (C=O) groups is 3. The Labute approximate surface area is 179 Å². The topological polar surface area (TPSA) is 105 Å². The van der Waals surface area contributed by atoms with Crippen LogP contribution in [0.5, 0.6) is 0 Å². The summed E-state index contributed by atoms with van der Waals surface area (Å²) in [6, 6.07) is 8.86. The quantitative estimate of drug-likeness (QED) is 0.581. The van der Waals surface area contributed by atoms with Crippen molar-refractivity contribution in [2.24, 2.45) is 17.6 Å². The number of rotatable bonds is 8. The van der Waals surface area contributed by atoms with Gasteiger partial charge >= 0.3 is 0 Å². The molecule has 8 heteroatoms. The minimum absolute atomic E-state index is 0. The van der Waals surface area contributed by atoms with E-state index in [4.69, 9.17) is 5.73 Å². The first-order chi connectivity index (χ1) is 13.4. The largest absolute Gasteiger partial charge is 0.355 e. The van der Waals surface area contributed by atoms with E-state index in [0.717, 1.165) is 18.4 Å². The van der Waals surface area contributed by atoms with Gasteiger partial charge in [0.2, 0.25) is 17.7 Å². The third-order valence-corrected chi connectivity index (χ3v) is 5.00. The van der Waals surface area contributed by atoms with E-state index in [1.165, 1.54) is 0 Å². The Morgan fingerprint density at radius 2 is 1.90 bits per heavy atom. The van der Waals surface area contributed by atoms with E-state index in [-0.39, 0.29) is 48.4 Å². The lowest BCUT2D eigenvalue weighted by Crippen LogP contribution is -2.55. The van der Waals surface area contributed by atoms with Gasteiger partial charge in [-0.25, -0.2) is 0 Å². The number of piperidine rings is 1. The van der Waals surface area contributed by atoms with Gasteiger partial charge in [-0.05, 0) is 24.3 Å². The molecule has 2 atom stereocenters. The Kier molecular flexibility index (Phi) is 10.7. The zero-order valence-corrected chi connectivity index (χ0v) is 18.0. The zero-order chi connectivity index (χ0) is 20.5. The van der Waals surface area contributed by atoms with Crippen molar-refractivity contribution in [1.29, 1.82) is 0 Å². The Morgan fingerprint density at radius 1 is 1.21 bits per heavy atom. The second-order valence-electron chi connectivity index (χ2n) is 7.65. The van der Waals surface area contributed by atoms with Crippen LogP contribution in [-0.4, -0.2) is 54.8 Å². The molecule has 7 nitrogen and oxygen atoms in total. The van der Waals surface area contributed by atoms with E-state index in [9.17, 15) is 14.4 Å². The normalized spacial score (nSPS) is 17.2. The maximum atomic E-state index is 13.1. The van der Waals surface area contributed by atoms with Gasteiger partial charge in [-0.3, -0.25) is 14.4 Å². The molecule has 2 unspecified atom stereocenters. The van der Waals surface area contributed by atoms with Crippen LogP contribution < -0.4 is 16.4 Å². The summed E-state index contributed by atoms with van der Waals surface area (Å²) in [6.45, 7) is 5.66. The molecule has 4 N–H and O–H groups in total. The number of nitrogens with zero attached hydrogens (tertiary/aromatic N) is 1. The van der Waals surface area contributed by atoms with Crippen LogP contribution in [0.1, 0.15) is 32.3 Å². The maximum absolute atomic E-state index is 13.1. The summed E-state index contributed by atoms with van der Waals surface area (Å²) < 4.78 is 0. The molecule has 1 aromatic carbocycles. The molecule has 0 spiro atoms. The second-order valence-corrected chi connectivity index (χ2v) is 7.65. The number of benzene rings is 1. The molecule has 0 bridgehead atoms. The molecule has 0 aliphatic carbocycles. The summed E-state index contributed by atoms with van der Waals surface area (Å²) >= 11 is 0. The fraction of sp³-hybridized carbons (Fsp3) is 0.571. The Morgan fingerprint density at radius 3 is 2.52 bits per heavy atom. The Balaban J connectivity index is 0.00000420. The number of amides is 3. The molecule has 1 aliphatic heterocycles. The first kappa shape index (κ1) is 24.9. The van der Waals surface area contributed by atoms with Crippen LogP contribution in [-0.2, 0) is 20.8 Å². The van der Waals surface area contributed by atoms with Crippen molar-refractivity contribution in [1.82, 2.24) is 15.5 Å². The lowest BCUT2D eigenvalue weighted by Gasteiger charge is -2.35. The molecule has 1 aliphatic rings. The predicted molar refractivity (Wildman–Crippen MR) is 116 cm³/mol. The van der Waals surface area contributed by atoms with Gasteiger partial charge in [-0.1, -0.05) is 44.2 Å². The van der Waals surface area contributed by atoms with Gasteiger partial charge in [0, 0.05) is 26.2 Å². The lowest BCUT2D eigenvalue weighted by atomic mass is 9.94. The molecule has 1 fully saturated rings. The van der Waals surface area contributed by atoms with Crippen molar-refractivity contribution in [2.45, 2.75) is 39.2 Å². The first-order valence-electron chi connectivity index (χ1n) is 10.0. The zero-order valence-electron chi connectivity index (χ0n) is 17.2. The lowest BCUT2D eigenvalue weighted by molar-refractivity contribution is -0.140. The first-order valence-corrected chi connectivity index (χ1v) is 10.0. The van der Waals surface area contributed by atoms with Crippen LogP contribution in [0, 0.1) is 11.8 Å². The Hall–Kier alpha value is -2.12. The third kappa shape index (κ3) is 7.66. The Bertz CT molecular complexity index is 669. The molecule has 1 saturated heterocycles. The molecule has 0 saturated carbocycles. The summed E-state index contributed by atoms with van der Waals surface area (Å²) in [5.74, 6) is -0.617. The molecular weight excluding hydrogens is 392 g/mol. The summed E-state index contributed by atoms with van der Waals surface area (Å²) in [7, 11) is 0. The summed E-state index contributed by atoms with van der Waals surface area (Å²) in [6.07, 6.45) is 1.77. The standard InChI is InChI=1S/C21H32N4O3.ClH/c1-15(2)19(24-18(26)13-16-7-4-3-5-8-16)21(28)25-12-6-9-17(14-25)20(27)23-11-10-22;/h3-5,7-8,15,17,19H,6,9-14,22H2,1-2H3,(H,23,27)(H,24,26);1H. The highest BCUT2D eigenvalue weighted by Gasteiger charge is 2.33. The molecule has 0 aromatic heterocycles. The average molecular weight is 425 g/mol. The predicted octanol–water partition coefficient (Wildman–Crippen LogP) is 1.11. The van der Waals surface area contributed by atoms with Crippen LogP contribution in [0.3, 0.4) is 0 Å². The summed E-state index contributed by atoms with van der Waals surface area (Å²) in [5, 5.41) is 5.69. The monoisotopic (exact) mass is 424 g/mol. The van der Waals surface area contributed by atoms with E-state index in [0.29, 0.717) is 26.2 Å². The molecule has 0 radical (unpaired) electrons. The van der Waals surface area contributed by atoms with Gasteiger partial charge in [0.1, 0.15) is 6.04 Å². The number of nitrogens with one attached hydrogen (secondary N) is 2.